The predicted octanol–water partition coefficient (Wildman–Crippen LogP) is 1.11. The fourth-order valence-corrected chi connectivity index (χ4v) is 4.01. The first-order valence-corrected chi connectivity index (χ1v) is 9.11. The highest BCUT2D eigenvalue weighted by atomic mass is 32.2. The Hall–Kier alpha value is -2.13. The Kier molecular flexibility index (Phi) is 4.49. The molecule has 0 unspecified atom stereocenters. The maximum Gasteiger partial charge on any atom is 0.319 e. The molecule has 8 nitrogen and oxygen atoms in total. The van der Waals surface area contributed by atoms with E-state index in [2.05, 4.69) is 20.8 Å². The number of benzene rings is 1. The number of nitrogens with one attached hydrogen (secondary N) is 3. The van der Waals surface area contributed by atoms with Gasteiger partial charge in [0, 0.05) is 30.7 Å². The van der Waals surface area contributed by atoms with Crippen molar-refractivity contribution in [1.82, 2.24) is 19.8 Å². The van der Waals surface area contributed by atoms with E-state index in [1.54, 1.807) is 18.3 Å². The second-order valence-corrected chi connectivity index (χ2v) is 7.56. The standard InChI is InChI=1S/C14H19N5O3S/c20-14(15-5-8-23(21,22)19-6-1-2-7-19)17-12-4-3-11-10-16-18-13(11)9-12/h3-4,9-10H,1-2,5-8H2,(H,16,18)(H2,15,17,20). The van der Waals surface area contributed by atoms with Crippen LogP contribution in [0.25, 0.3) is 10.9 Å². The molecule has 0 radical (unpaired) electrons. The summed E-state index contributed by atoms with van der Waals surface area (Å²) in [6.07, 6.45) is 3.51. The lowest BCUT2D eigenvalue weighted by Crippen LogP contribution is -2.37. The quantitative estimate of drug-likeness (QED) is 0.759. The third kappa shape index (κ3) is 3.80. The lowest BCUT2D eigenvalue weighted by atomic mass is 10.2. The third-order valence-corrected chi connectivity index (χ3v) is 5.68. The van der Waals surface area contributed by atoms with Crippen LogP contribution in [0.15, 0.2) is 24.4 Å². The normalized spacial score (nSPS) is 15.8. The maximum absolute atomic E-state index is 12.0. The van der Waals surface area contributed by atoms with E-state index in [1.165, 1.54) is 4.31 Å². The van der Waals surface area contributed by atoms with Crippen LogP contribution >= 0.6 is 0 Å². The van der Waals surface area contributed by atoms with Crippen LogP contribution in [0.4, 0.5) is 10.5 Å². The number of hydrogen-bond acceptors (Lipinski definition) is 4. The van der Waals surface area contributed by atoms with Gasteiger partial charge in [-0.3, -0.25) is 5.10 Å². The van der Waals surface area contributed by atoms with Crippen molar-refractivity contribution in [2.45, 2.75) is 12.8 Å². The van der Waals surface area contributed by atoms with Gasteiger partial charge in [0.25, 0.3) is 0 Å². The maximum atomic E-state index is 12.0. The number of sulfonamides is 1. The molecular formula is C14H19N5O3S. The molecule has 1 aromatic heterocycles. The van der Waals surface area contributed by atoms with Crippen molar-refractivity contribution in [3.8, 4) is 0 Å². The zero-order valence-corrected chi connectivity index (χ0v) is 13.4. The van der Waals surface area contributed by atoms with E-state index in [1.807, 2.05) is 6.07 Å². The molecule has 1 fully saturated rings. The summed E-state index contributed by atoms with van der Waals surface area (Å²) in [7, 11) is -3.27. The lowest BCUT2D eigenvalue weighted by Gasteiger charge is -2.15. The second kappa shape index (κ2) is 6.55. The number of aromatic amines is 1. The first-order chi connectivity index (χ1) is 11.0. The number of fused-ring (bicyclic) bond motifs is 1. The Bertz CT molecular complexity index is 796. The van der Waals surface area contributed by atoms with Crippen LogP contribution in [0, 0.1) is 0 Å². The summed E-state index contributed by atoms with van der Waals surface area (Å²) in [5.74, 6) is -0.0833. The van der Waals surface area contributed by atoms with E-state index < -0.39 is 16.1 Å². The van der Waals surface area contributed by atoms with Gasteiger partial charge < -0.3 is 10.6 Å². The molecule has 2 aromatic rings. The number of carbonyl (C=O) groups is 1. The van der Waals surface area contributed by atoms with Crippen molar-refractivity contribution >= 4 is 32.6 Å². The van der Waals surface area contributed by atoms with Gasteiger partial charge in [0.2, 0.25) is 10.0 Å². The molecule has 0 bridgehead atoms. The Morgan fingerprint density at radius 3 is 2.87 bits per heavy atom. The minimum absolute atomic E-state index is 0.0803. The van der Waals surface area contributed by atoms with E-state index in [0.29, 0.717) is 18.8 Å². The number of hydrogen-bond donors (Lipinski definition) is 3. The number of rotatable bonds is 5. The fraction of sp³-hybridized carbons (Fsp3) is 0.429. The molecule has 1 aliphatic rings. The molecule has 0 atom stereocenters. The van der Waals surface area contributed by atoms with Gasteiger partial charge in [0.15, 0.2) is 0 Å². The van der Waals surface area contributed by atoms with Gasteiger partial charge in [0.05, 0.1) is 17.5 Å². The summed E-state index contributed by atoms with van der Waals surface area (Å²) >= 11 is 0. The average Bonchev–Trinajstić information content (AvgIpc) is 3.18. The first kappa shape index (κ1) is 15.8. The van der Waals surface area contributed by atoms with Crippen LogP contribution in [0.2, 0.25) is 0 Å². The summed E-state index contributed by atoms with van der Waals surface area (Å²) in [5.41, 5.74) is 1.43. The van der Waals surface area contributed by atoms with Crippen LogP contribution in [0.5, 0.6) is 0 Å². The van der Waals surface area contributed by atoms with Crippen LogP contribution in [-0.4, -0.2) is 54.3 Å². The molecule has 0 saturated carbocycles. The monoisotopic (exact) mass is 337 g/mol. The second-order valence-electron chi connectivity index (χ2n) is 5.48. The van der Waals surface area contributed by atoms with E-state index in [-0.39, 0.29) is 12.3 Å². The van der Waals surface area contributed by atoms with E-state index >= 15 is 0 Å². The Morgan fingerprint density at radius 1 is 1.30 bits per heavy atom. The summed E-state index contributed by atoms with van der Waals surface area (Å²) < 4.78 is 25.6. The van der Waals surface area contributed by atoms with Crippen molar-refractivity contribution in [3.05, 3.63) is 24.4 Å². The highest BCUT2D eigenvalue weighted by Gasteiger charge is 2.24. The van der Waals surface area contributed by atoms with Crippen LogP contribution in [0.3, 0.4) is 0 Å². The molecule has 0 aliphatic carbocycles. The van der Waals surface area contributed by atoms with E-state index in [9.17, 15) is 13.2 Å². The van der Waals surface area contributed by atoms with Gasteiger partial charge in [0.1, 0.15) is 0 Å². The zero-order chi connectivity index (χ0) is 16.3. The largest absolute Gasteiger partial charge is 0.337 e. The summed E-state index contributed by atoms with van der Waals surface area (Å²) in [5, 5.41) is 12.9. The van der Waals surface area contributed by atoms with Gasteiger partial charge in [-0.05, 0) is 31.0 Å². The Morgan fingerprint density at radius 2 is 2.09 bits per heavy atom. The molecule has 0 spiro atoms. The molecule has 23 heavy (non-hydrogen) atoms. The predicted molar refractivity (Wildman–Crippen MR) is 87.7 cm³/mol. The van der Waals surface area contributed by atoms with Crippen LogP contribution in [-0.2, 0) is 10.0 Å². The average molecular weight is 337 g/mol. The Balaban J connectivity index is 1.49. The molecule has 3 N–H and O–H groups in total. The van der Waals surface area contributed by atoms with Gasteiger partial charge in [-0.1, -0.05) is 0 Å². The van der Waals surface area contributed by atoms with Gasteiger partial charge in [-0.15, -0.1) is 0 Å². The molecule has 124 valence electrons. The van der Waals surface area contributed by atoms with E-state index in [0.717, 1.165) is 23.7 Å². The lowest BCUT2D eigenvalue weighted by molar-refractivity contribution is 0.252. The molecule has 1 aromatic carbocycles. The number of nitrogens with zero attached hydrogens (tertiary/aromatic N) is 2. The van der Waals surface area contributed by atoms with Crippen molar-refractivity contribution in [3.63, 3.8) is 0 Å². The molecule has 2 amide bonds. The minimum Gasteiger partial charge on any atom is -0.337 e. The van der Waals surface area contributed by atoms with Crippen LogP contribution < -0.4 is 10.6 Å². The number of urea groups is 1. The topological polar surface area (TPSA) is 107 Å². The van der Waals surface area contributed by atoms with Gasteiger partial charge in [-0.2, -0.15) is 5.10 Å². The minimum atomic E-state index is -3.27. The number of amides is 2. The summed E-state index contributed by atoms with van der Waals surface area (Å²) in [4.78, 5) is 11.8. The molecule has 3 rings (SSSR count). The molecule has 1 aliphatic heterocycles. The highest BCUT2D eigenvalue weighted by molar-refractivity contribution is 7.89. The number of carbonyl (C=O) groups excluding carboxylic acids is 1. The smallest absolute Gasteiger partial charge is 0.319 e. The number of anilines is 1. The van der Waals surface area contributed by atoms with Crippen LogP contribution in [0.1, 0.15) is 12.8 Å². The fourth-order valence-electron chi connectivity index (χ4n) is 2.58. The SMILES string of the molecule is O=C(NCCS(=O)(=O)N1CCCC1)Nc1ccc2cn[nH]c2c1. The highest BCUT2D eigenvalue weighted by Crippen LogP contribution is 2.16. The number of H-pyrrole nitrogens is 1. The Labute approximate surface area is 134 Å². The summed E-state index contributed by atoms with van der Waals surface area (Å²) in [6.45, 7) is 1.24. The van der Waals surface area contributed by atoms with Crippen molar-refractivity contribution < 1.29 is 13.2 Å². The first-order valence-electron chi connectivity index (χ1n) is 7.50. The van der Waals surface area contributed by atoms with Crippen molar-refractivity contribution in [2.75, 3.05) is 30.7 Å². The van der Waals surface area contributed by atoms with Crippen molar-refractivity contribution in [1.29, 1.82) is 0 Å². The molecule has 1 saturated heterocycles. The van der Waals surface area contributed by atoms with Gasteiger partial charge in [-0.25, -0.2) is 17.5 Å². The third-order valence-electron chi connectivity index (χ3n) is 3.80. The zero-order valence-electron chi connectivity index (χ0n) is 12.6. The van der Waals surface area contributed by atoms with Gasteiger partial charge >= 0.3 is 6.03 Å². The summed E-state index contributed by atoms with van der Waals surface area (Å²) in [6, 6.07) is 4.94. The van der Waals surface area contributed by atoms with E-state index in [4.69, 9.17) is 0 Å². The molecule has 9 heteroatoms. The molecular weight excluding hydrogens is 318 g/mol. The molecule has 2 heterocycles. The number of aromatic nitrogens is 2. The van der Waals surface area contributed by atoms with Crippen molar-refractivity contribution in [2.24, 2.45) is 0 Å².